The summed E-state index contributed by atoms with van der Waals surface area (Å²) in [4.78, 5) is 4.48. The van der Waals surface area contributed by atoms with Gasteiger partial charge in [0.1, 0.15) is 0 Å². The number of rotatable bonds is 2. The predicted octanol–water partition coefficient (Wildman–Crippen LogP) is 4.02. The zero-order valence-corrected chi connectivity index (χ0v) is 11.5. The standard InChI is InChI=1S/C17H21NO/c1-17(19,14-9-3-2-4-10-14)15-11-5-7-13-8-6-12-18-16(13)15/h5-8,11-12,14,19H,2-4,9-10H2,1H3. The monoisotopic (exact) mass is 255 g/mol. The van der Waals surface area contributed by atoms with Crippen LogP contribution in [0.2, 0.25) is 0 Å². The van der Waals surface area contributed by atoms with Gasteiger partial charge < -0.3 is 5.11 Å². The Bertz CT molecular complexity index is 565. The first-order valence-corrected chi connectivity index (χ1v) is 7.26. The minimum atomic E-state index is -0.770. The fourth-order valence-corrected chi connectivity index (χ4v) is 3.40. The molecule has 0 bridgehead atoms. The molecule has 1 aliphatic carbocycles. The first-order valence-electron chi connectivity index (χ1n) is 7.26. The molecule has 1 N–H and O–H groups in total. The van der Waals surface area contributed by atoms with Crippen molar-refractivity contribution in [3.63, 3.8) is 0 Å². The molecule has 1 aromatic carbocycles. The summed E-state index contributed by atoms with van der Waals surface area (Å²) in [6, 6.07) is 10.1. The molecule has 1 fully saturated rings. The summed E-state index contributed by atoms with van der Waals surface area (Å²) in [6.45, 7) is 1.96. The molecule has 0 saturated heterocycles. The SMILES string of the molecule is CC(O)(c1cccc2cccnc12)C1CCCCC1. The quantitative estimate of drug-likeness (QED) is 0.879. The second kappa shape index (κ2) is 4.93. The van der Waals surface area contributed by atoms with E-state index in [1.54, 1.807) is 0 Å². The van der Waals surface area contributed by atoms with Crippen molar-refractivity contribution in [2.24, 2.45) is 5.92 Å². The summed E-state index contributed by atoms with van der Waals surface area (Å²) < 4.78 is 0. The van der Waals surface area contributed by atoms with Gasteiger partial charge in [-0.15, -0.1) is 0 Å². The Morgan fingerprint density at radius 2 is 1.84 bits per heavy atom. The molecule has 1 aromatic heterocycles. The average Bonchev–Trinajstić information content (AvgIpc) is 2.47. The number of para-hydroxylation sites is 1. The van der Waals surface area contributed by atoms with Crippen molar-refractivity contribution in [3.05, 3.63) is 42.1 Å². The average molecular weight is 255 g/mol. The van der Waals surface area contributed by atoms with Gasteiger partial charge in [0.2, 0.25) is 0 Å². The predicted molar refractivity (Wildman–Crippen MR) is 77.9 cm³/mol. The number of hydrogen-bond acceptors (Lipinski definition) is 2. The molecule has 0 aliphatic heterocycles. The summed E-state index contributed by atoms with van der Waals surface area (Å²) in [7, 11) is 0. The summed E-state index contributed by atoms with van der Waals surface area (Å²) in [6.07, 6.45) is 7.83. The van der Waals surface area contributed by atoms with E-state index in [4.69, 9.17) is 0 Å². The summed E-state index contributed by atoms with van der Waals surface area (Å²) in [5.41, 5.74) is 1.16. The Kier molecular flexibility index (Phi) is 3.28. The minimum absolute atomic E-state index is 0.355. The van der Waals surface area contributed by atoms with Crippen LogP contribution in [0.4, 0.5) is 0 Å². The molecule has 0 amide bonds. The van der Waals surface area contributed by atoms with Gasteiger partial charge in [-0.1, -0.05) is 43.5 Å². The van der Waals surface area contributed by atoms with Gasteiger partial charge >= 0.3 is 0 Å². The summed E-state index contributed by atoms with van der Waals surface area (Å²) in [5, 5.41) is 12.2. The molecular weight excluding hydrogens is 234 g/mol. The highest BCUT2D eigenvalue weighted by Crippen LogP contribution is 2.40. The van der Waals surface area contributed by atoms with E-state index in [1.807, 2.05) is 31.3 Å². The second-order valence-electron chi connectivity index (χ2n) is 5.86. The Morgan fingerprint density at radius 1 is 1.11 bits per heavy atom. The van der Waals surface area contributed by atoms with Crippen molar-refractivity contribution < 1.29 is 5.11 Å². The number of pyridine rings is 1. The lowest BCUT2D eigenvalue weighted by atomic mass is 9.74. The highest BCUT2D eigenvalue weighted by atomic mass is 16.3. The molecule has 1 unspecified atom stereocenters. The van der Waals surface area contributed by atoms with Crippen LogP contribution in [0.1, 0.15) is 44.6 Å². The first kappa shape index (κ1) is 12.6. The third-order valence-corrected chi connectivity index (χ3v) is 4.58. The fraction of sp³-hybridized carbons (Fsp3) is 0.471. The lowest BCUT2D eigenvalue weighted by Crippen LogP contribution is -2.33. The molecular formula is C17H21NO. The molecule has 1 atom stereocenters. The van der Waals surface area contributed by atoms with Crippen LogP contribution in [0.25, 0.3) is 10.9 Å². The van der Waals surface area contributed by atoms with Crippen LogP contribution < -0.4 is 0 Å². The van der Waals surface area contributed by atoms with Crippen LogP contribution >= 0.6 is 0 Å². The van der Waals surface area contributed by atoms with Crippen LogP contribution in [-0.4, -0.2) is 10.1 Å². The largest absolute Gasteiger partial charge is 0.385 e. The van der Waals surface area contributed by atoms with E-state index >= 15 is 0 Å². The van der Waals surface area contributed by atoms with E-state index in [9.17, 15) is 5.11 Å². The lowest BCUT2D eigenvalue weighted by molar-refractivity contribution is -0.0203. The highest BCUT2D eigenvalue weighted by Gasteiger charge is 2.35. The second-order valence-corrected chi connectivity index (χ2v) is 5.86. The Morgan fingerprint density at radius 3 is 2.63 bits per heavy atom. The van der Waals surface area contributed by atoms with Crippen LogP contribution in [0.5, 0.6) is 0 Å². The highest BCUT2D eigenvalue weighted by molar-refractivity contribution is 5.82. The Balaban J connectivity index is 2.07. The maximum atomic E-state index is 11.1. The topological polar surface area (TPSA) is 33.1 Å². The van der Waals surface area contributed by atoms with Crippen LogP contribution in [0.15, 0.2) is 36.5 Å². The fourth-order valence-electron chi connectivity index (χ4n) is 3.40. The molecule has 1 heterocycles. The molecule has 2 aromatic rings. The van der Waals surface area contributed by atoms with Gasteiger partial charge in [0.05, 0.1) is 11.1 Å². The first-order chi connectivity index (χ1) is 9.19. The zero-order chi connectivity index (χ0) is 13.3. The molecule has 19 heavy (non-hydrogen) atoms. The Labute approximate surface area is 114 Å². The summed E-state index contributed by atoms with van der Waals surface area (Å²) >= 11 is 0. The molecule has 1 saturated carbocycles. The van der Waals surface area contributed by atoms with E-state index in [2.05, 4.69) is 17.1 Å². The van der Waals surface area contributed by atoms with Gasteiger partial charge in [-0.3, -0.25) is 4.98 Å². The van der Waals surface area contributed by atoms with E-state index in [0.29, 0.717) is 5.92 Å². The van der Waals surface area contributed by atoms with Gasteiger partial charge in [0.25, 0.3) is 0 Å². The number of aliphatic hydroxyl groups is 1. The van der Waals surface area contributed by atoms with Crippen molar-refractivity contribution in [1.29, 1.82) is 0 Å². The van der Waals surface area contributed by atoms with Crippen LogP contribution in [0.3, 0.4) is 0 Å². The number of nitrogens with zero attached hydrogens (tertiary/aromatic N) is 1. The number of hydrogen-bond donors (Lipinski definition) is 1. The molecule has 100 valence electrons. The van der Waals surface area contributed by atoms with Crippen LogP contribution in [-0.2, 0) is 5.60 Å². The van der Waals surface area contributed by atoms with Crippen molar-refractivity contribution >= 4 is 10.9 Å². The van der Waals surface area contributed by atoms with Crippen molar-refractivity contribution in [2.45, 2.75) is 44.6 Å². The van der Waals surface area contributed by atoms with Crippen LogP contribution in [0, 0.1) is 5.92 Å². The smallest absolute Gasteiger partial charge is 0.0917 e. The van der Waals surface area contributed by atoms with Crippen molar-refractivity contribution in [1.82, 2.24) is 4.98 Å². The van der Waals surface area contributed by atoms with Crippen molar-refractivity contribution in [2.75, 3.05) is 0 Å². The summed E-state index contributed by atoms with van der Waals surface area (Å²) in [5.74, 6) is 0.355. The molecule has 2 nitrogen and oxygen atoms in total. The normalized spacial score (nSPS) is 20.3. The van der Waals surface area contributed by atoms with E-state index in [0.717, 1.165) is 29.3 Å². The maximum absolute atomic E-state index is 11.1. The van der Waals surface area contributed by atoms with E-state index in [-0.39, 0.29) is 0 Å². The van der Waals surface area contributed by atoms with Crippen molar-refractivity contribution in [3.8, 4) is 0 Å². The third kappa shape index (κ3) is 2.25. The zero-order valence-electron chi connectivity index (χ0n) is 11.5. The number of aromatic nitrogens is 1. The molecule has 1 aliphatic rings. The minimum Gasteiger partial charge on any atom is -0.385 e. The molecule has 3 rings (SSSR count). The lowest BCUT2D eigenvalue weighted by Gasteiger charge is -2.36. The van der Waals surface area contributed by atoms with E-state index < -0.39 is 5.60 Å². The Hall–Kier alpha value is -1.41. The van der Waals surface area contributed by atoms with Gasteiger partial charge in [-0.2, -0.15) is 0 Å². The third-order valence-electron chi connectivity index (χ3n) is 4.58. The molecule has 2 heteroatoms. The number of benzene rings is 1. The molecule has 0 radical (unpaired) electrons. The van der Waals surface area contributed by atoms with Gasteiger partial charge in [0.15, 0.2) is 0 Å². The van der Waals surface area contributed by atoms with E-state index in [1.165, 1.54) is 19.3 Å². The van der Waals surface area contributed by atoms with Gasteiger partial charge in [-0.05, 0) is 31.7 Å². The van der Waals surface area contributed by atoms with Gasteiger partial charge in [-0.25, -0.2) is 0 Å². The van der Waals surface area contributed by atoms with Gasteiger partial charge in [0, 0.05) is 17.1 Å². The molecule has 0 spiro atoms. The maximum Gasteiger partial charge on any atom is 0.0917 e. The number of fused-ring (bicyclic) bond motifs is 1.